The number of halogens is 1. The summed E-state index contributed by atoms with van der Waals surface area (Å²) in [5.41, 5.74) is 4.30. The molecule has 1 aromatic carbocycles. The first-order valence-corrected chi connectivity index (χ1v) is 6.93. The molecule has 0 atom stereocenters. The van der Waals surface area contributed by atoms with Gasteiger partial charge in [-0.25, -0.2) is 10.8 Å². The van der Waals surface area contributed by atoms with E-state index in [0.717, 1.165) is 5.69 Å². The lowest BCUT2D eigenvalue weighted by Crippen LogP contribution is -2.16. The predicted molar refractivity (Wildman–Crippen MR) is 85.5 cm³/mol. The standard InChI is InChI=1S/C15H17ClN4O/c1-9(2)13-7-10(8-14(18-13)20-17)15(21)19-12-6-4-3-5-11(12)16/h3-9H,17H2,1-2H3,(H,18,20)(H,19,21). The molecule has 1 aromatic heterocycles. The SMILES string of the molecule is CC(C)c1cc(C(=O)Nc2ccccc2Cl)cc(NN)n1. The van der Waals surface area contributed by atoms with Gasteiger partial charge in [-0.15, -0.1) is 0 Å². The summed E-state index contributed by atoms with van der Waals surface area (Å²) in [6, 6.07) is 10.4. The summed E-state index contributed by atoms with van der Waals surface area (Å²) in [5, 5.41) is 3.26. The first kappa shape index (κ1) is 15.3. The molecule has 2 rings (SSSR count). The van der Waals surface area contributed by atoms with Crippen molar-refractivity contribution in [2.45, 2.75) is 19.8 Å². The maximum atomic E-state index is 12.3. The summed E-state index contributed by atoms with van der Waals surface area (Å²) >= 11 is 6.04. The number of pyridine rings is 1. The molecule has 4 N–H and O–H groups in total. The molecule has 1 amide bonds. The van der Waals surface area contributed by atoms with E-state index in [-0.39, 0.29) is 11.8 Å². The Balaban J connectivity index is 2.30. The van der Waals surface area contributed by atoms with Crippen molar-refractivity contribution < 1.29 is 4.79 Å². The van der Waals surface area contributed by atoms with E-state index in [1.165, 1.54) is 0 Å². The highest BCUT2D eigenvalue weighted by atomic mass is 35.5. The van der Waals surface area contributed by atoms with Crippen LogP contribution in [0.15, 0.2) is 36.4 Å². The largest absolute Gasteiger partial charge is 0.321 e. The zero-order chi connectivity index (χ0) is 15.4. The highest BCUT2D eigenvalue weighted by Gasteiger charge is 2.13. The van der Waals surface area contributed by atoms with E-state index < -0.39 is 0 Å². The zero-order valence-corrected chi connectivity index (χ0v) is 12.6. The van der Waals surface area contributed by atoms with E-state index in [9.17, 15) is 4.79 Å². The number of hydrazine groups is 1. The van der Waals surface area contributed by atoms with Gasteiger partial charge in [0.25, 0.3) is 5.91 Å². The van der Waals surface area contributed by atoms with Crippen molar-refractivity contribution >= 4 is 29.0 Å². The molecule has 0 saturated carbocycles. The Bertz CT molecular complexity index is 658. The van der Waals surface area contributed by atoms with Crippen LogP contribution in [0.3, 0.4) is 0 Å². The molecule has 2 aromatic rings. The van der Waals surface area contributed by atoms with E-state index >= 15 is 0 Å². The second-order valence-corrected chi connectivity index (χ2v) is 5.31. The number of carbonyl (C=O) groups is 1. The van der Waals surface area contributed by atoms with E-state index in [1.54, 1.807) is 36.4 Å². The molecule has 0 saturated heterocycles. The van der Waals surface area contributed by atoms with Crippen LogP contribution in [0.4, 0.5) is 11.5 Å². The first-order chi connectivity index (χ1) is 10.0. The van der Waals surface area contributed by atoms with Gasteiger partial charge < -0.3 is 10.7 Å². The highest BCUT2D eigenvalue weighted by Crippen LogP contribution is 2.22. The van der Waals surface area contributed by atoms with Crippen LogP contribution in [-0.4, -0.2) is 10.9 Å². The van der Waals surface area contributed by atoms with Crippen LogP contribution in [-0.2, 0) is 0 Å². The minimum Gasteiger partial charge on any atom is -0.321 e. The monoisotopic (exact) mass is 304 g/mol. The van der Waals surface area contributed by atoms with Crippen molar-refractivity contribution in [1.29, 1.82) is 0 Å². The molecule has 0 spiro atoms. The Morgan fingerprint density at radius 3 is 2.62 bits per heavy atom. The highest BCUT2D eigenvalue weighted by molar-refractivity contribution is 6.33. The second kappa shape index (κ2) is 6.56. The Labute approximate surface area is 128 Å². The number of hydrogen-bond donors (Lipinski definition) is 3. The van der Waals surface area contributed by atoms with Gasteiger partial charge in [0.2, 0.25) is 0 Å². The number of benzene rings is 1. The van der Waals surface area contributed by atoms with Crippen molar-refractivity contribution in [3.05, 3.63) is 52.7 Å². The number of rotatable bonds is 4. The maximum Gasteiger partial charge on any atom is 0.255 e. The van der Waals surface area contributed by atoms with Gasteiger partial charge >= 0.3 is 0 Å². The maximum absolute atomic E-state index is 12.3. The summed E-state index contributed by atoms with van der Waals surface area (Å²) in [6.07, 6.45) is 0. The quantitative estimate of drug-likeness (QED) is 0.597. The Morgan fingerprint density at radius 2 is 2.00 bits per heavy atom. The van der Waals surface area contributed by atoms with Crippen LogP contribution >= 0.6 is 11.6 Å². The van der Waals surface area contributed by atoms with Crippen LogP contribution < -0.4 is 16.6 Å². The van der Waals surface area contributed by atoms with Crippen LogP contribution in [0.25, 0.3) is 0 Å². The molecule has 110 valence electrons. The topological polar surface area (TPSA) is 80.0 Å². The van der Waals surface area contributed by atoms with Gasteiger partial charge in [0.15, 0.2) is 0 Å². The fourth-order valence-corrected chi connectivity index (χ4v) is 1.99. The van der Waals surface area contributed by atoms with Crippen molar-refractivity contribution in [3.63, 3.8) is 0 Å². The van der Waals surface area contributed by atoms with E-state index in [2.05, 4.69) is 15.7 Å². The number of nitrogens with two attached hydrogens (primary N) is 1. The smallest absolute Gasteiger partial charge is 0.255 e. The van der Waals surface area contributed by atoms with Gasteiger partial charge in [0, 0.05) is 11.3 Å². The molecule has 0 fully saturated rings. The minimum atomic E-state index is -0.260. The Hall–Kier alpha value is -2.11. The van der Waals surface area contributed by atoms with Crippen molar-refractivity contribution in [1.82, 2.24) is 4.98 Å². The average molecular weight is 305 g/mol. The van der Waals surface area contributed by atoms with E-state index in [1.807, 2.05) is 13.8 Å². The number of hydrogen-bond acceptors (Lipinski definition) is 4. The summed E-state index contributed by atoms with van der Waals surface area (Å²) in [5.74, 6) is 5.77. The normalized spacial score (nSPS) is 10.5. The zero-order valence-electron chi connectivity index (χ0n) is 11.9. The van der Waals surface area contributed by atoms with Crippen LogP contribution in [0.1, 0.15) is 35.8 Å². The molecule has 0 aliphatic rings. The number of nitrogen functional groups attached to an aromatic ring is 1. The number of amides is 1. The number of aromatic nitrogens is 1. The summed E-state index contributed by atoms with van der Waals surface area (Å²) in [7, 11) is 0. The number of carbonyl (C=O) groups excluding carboxylic acids is 1. The van der Waals surface area contributed by atoms with Gasteiger partial charge in [0.05, 0.1) is 10.7 Å². The lowest BCUT2D eigenvalue weighted by atomic mass is 10.1. The molecule has 0 bridgehead atoms. The molecular formula is C15H17ClN4O. The van der Waals surface area contributed by atoms with Gasteiger partial charge in [-0.3, -0.25) is 4.79 Å². The van der Waals surface area contributed by atoms with Crippen molar-refractivity contribution in [3.8, 4) is 0 Å². The summed E-state index contributed by atoms with van der Waals surface area (Å²) in [4.78, 5) is 16.7. The van der Waals surface area contributed by atoms with E-state index in [4.69, 9.17) is 17.4 Å². The molecule has 6 heteroatoms. The fourth-order valence-electron chi connectivity index (χ4n) is 1.81. The molecule has 0 unspecified atom stereocenters. The molecular weight excluding hydrogens is 288 g/mol. The van der Waals surface area contributed by atoms with Gasteiger partial charge in [-0.1, -0.05) is 37.6 Å². The fraction of sp³-hybridized carbons (Fsp3) is 0.200. The summed E-state index contributed by atoms with van der Waals surface area (Å²) in [6.45, 7) is 4.00. The minimum absolute atomic E-state index is 0.185. The number of anilines is 2. The number of nitrogens with zero attached hydrogens (tertiary/aromatic N) is 1. The van der Waals surface area contributed by atoms with Crippen molar-refractivity contribution in [2.24, 2.45) is 5.84 Å². The third-order valence-electron chi connectivity index (χ3n) is 2.97. The second-order valence-electron chi connectivity index (χ2n) is 4.90. The van der Waals surface area contributed by atoms with E-state index in [0.29, 0.717) is 22.1 Å². The molecule has 0 aliphatic heterocycles. The molecule has 0 aliphatic carbocycles. The third-order valence-corrected chi connectivity index (χ3v) is 3.30. The van der Waals surface area contributed by atoms with Crippen molar-refractivity contribution in [2.75, 3.05) is 10.7 Å². The van der Waals surface area contributed by atoms with Crippen LogP contribution in [0.2, 0.25) is 5.02 Å². The molecule has 1 heterocycles. The molecule has 5 nitrogen and oxygen atoms in total. The number of para-hydroxylation sites is 1. The van der Waals surface area contributed by atoms with Crippen LogP contribution in [0, 0.1) is 0 Å². The summed E-state index contributed by atoms with van der Waals surface area (Å²) < 4.78 is 0. The van der Waals surface area contributed by atoms with Crippen LogP contribution in [0.5, 0.6) is 0 Å². The predicted octanol–water partition coefficient (Wildman–Crippen LogP) is 3.40. The molecule has 21 heavy (non-hydrogen) atoms. The Kier molecular flexibility index (Phi) is 4.77. The lowest BCUT2D eigenvalue weighted by Gasteiger charge is -2.11. The lowest BCUT2D eigenvalue weighted by molar-refractivity contribution is 0.102. The average Bonchev–Trinajstić information content (AvgIpc) is 2.49. The van der Waals surface area contributed by atoms with Gasteiger partial charge in [0.1, 0.15) is 5.82 Å². The molecule has 0 radical (unpaired) electrons. The third kappa shape index (κ3) is 3.71. The van der Waals surface area contributed by atoms with Gasteiger partial charge in [-0.2, -0.15) is 0 Å². The van der Waals surface area contributed by atoms with Gasteiger partial charge in [-0.05, 0) is 30.2 Å². The number of nitrogens with one attached hydrogen (secondary N) is 2. The first-order valence-electron chi connectivity index (χ1n) is 6.55. The Morgan fingerprint density at radius 1 is 1.29 bits per heavy atom.